The molecule has 2 rings (SSSR count). The highest BCUT2D eigenvalue weighted by Crippen LogP contribution is 2.19. The number of nitrogen functional groups attached to an aromatic ring is 1. The van der Waals surface area contributed by atoms with E-state index < -0.39 is 11.6 Å². The molecule has 0 aliphatic rings. The lowest BCUT2D eigenvalue weighted by Crippen LogP contribution is -1.87. The van der Waals surface area contributed by atoms with Gasteiger partial charge in [0.25, 0.3) is 0 Å². The standard InChI is InChI=1S/C9H7F2N3/c10-6-1-5(2-7(11)3-6)8-4-13-9(12)14-8/h1-4H,(H3,12,13,14). The van der Waals surface area contributed by atoms with E-state index in [4.69, 9.17) is 5.73 Å². The van der Waals surface area contributed by atoms with Gasteiger partial charge in [-0.3, -0.25) is 0 Å². The van der Waals surface area contributed by atoms with Crippen molar-refractivity contribution in [1.29, 1.82) is 0 Å². The predicted octanol–water partition coefficient (Wildman–Crippen LogP) is 1.94. The number of hydrogen-bond donors (Lipinski definition) is 2. The summed E-state index contributed by atoms with van der Waals surface area (Å²) in [4.78, 5) is 6.41. The Morgan fingerprint density at radius 2 is 1.79 bits per heavy atom. The van der Waals surface area contributed by atoms with Gasteiger partial charge in [-0.25, -0.2) is 13.8 Å². The minimum absolute atomic E-state index is 0.213. The third-order valence-electron chi connectivity index (χ3n) is 1.77. The van der Waals surface area contributed by atoms with Crippen molar-refractivity contribution in [1.82, 2.24) is 9.97 Å². The Morgan fingerprint density at radius 3 is 2.29 bits per heavy atom. The second kappa shape index (κ2) is 3.10. The third-order valence-corrected chi connectivity index (χ3v) is 1.77. The summed E-state index contributed by atoms with van der Waals surface area (Å²) >= 11 is 0. The zero-order valence-electron chi connectivity index (χ0n) is 7.09. The second-order valence-electron chi connectivity index (χ2n) is 2.84. The number of aromatic amines is 1. The van der Waals surface area contributed by atoms with Crippen molar-refractivity contribution in [3.63, 3.8) is 0 Å². The third kappa shape index (κ3) is 1.56. The van der Waals surface area contributed by atoms with E-state index in [0.29, 0.717) is 11.3 Å². The maximum atomic E-state index is 12.8. The van der Waals surface area contributed by atoms with Crippen LogP contribution in [0.2, 0.25) is 0 Å². The maximum absolute atomic E-state index is 12.8. The topological polar surface area (TPSA) is 54.7 Å². The van der Waals surface area contributed by atoms with Crippen LogP contribution in [0.1, 0.15) is 0 Å². The van der Waals surface area contributed by atoms with Gasteiger partial charge in [0.2, 0.25) is 0 Å². The minimum atomic E-state index is -0.631. The van der Waals surface area contributed by atoms with Gasteiger partial charge in [0.15, 0.2) is 5.95 Å². The number of anilines is 1. The van der Waals surface area contributed by atoms with Crippen LogP contribution in [0, 0.1) is 11.6 Å². The highest BCUT2D eigenvalue weighted by Gasteiger charge is 2.04. The number of aromatic nitrogens is 2. The molecule has 14 heavy (non-hydrogen) atoms. The van der Waals surface area contributed by atoms with Gasteiger partial charge in [-0.05, 0) is 12.1 Å². The molecule has 1 heterocycles. The summed E-state index contributed by atoms with van der Waals surface area (Å²) in [6, 6.07) is 3.22. The minimum Gasteiger partial charge on any atom is -0.369 e. The van der Waals surface area contributed by atoms with Gasteiger partial charge >= 0.3 is 0 Å². The summed E-state index contributed by atoms with van der Waals surface area (Å²) in [5, 5.41) is 0. The Morgan fingerprint density at radius 1 is 1.14 bits per heavy atom. The normalized spacial score (nSPS) is 10.4. The van der Waals surface area contributed by atoms with Crippen molar-refractivity contribution in [3.8, 4) is 11.3 Å². The van der Waals surface area contributed by atoms with Gasteiger partial charge in [-0.1, -0.05) is 0 Å². The predicted molar refractivity (Wildman–Crippen MR) is 48.4 cm³/mol. The Kier molecular flexibility index (Phi) is 1.92. The molecule has 5 heteroatoms. The zero-order chi connectivity index (χ0) is 10.1. The molecule has 0 aliphatic heterocycles. The number of nitrogens with zero attached hydrogens (tertiary/aromatic N) is 1. The maximum Gasteiger partial charge on any atom is 0.197 e. The number of imidazole rings is 1. The van der Waals surface area contributed by atoms with Crippen LogP contribution in [0.4, 0.5) is 14.7 Å². The lowest BCUT2D eigenvalue weighted by molar-refractivity contribution is 0.584. The number of halogens is 2. The first-order chi connectivity index (χ1) is 6.65. The van der Waals surface area contributed by atoms with Crippen LogP contribution >= 0.6 is 0 Å². The molecule has 0 saturated carbocycles. The Labute approximate surface area is 78.6 Å². The molecule has 0 amide bonds. The van der Waals surface area contributed by atoms with Crippen molar-refractivity contribution in [3.05, 3.63) is 36.0 Å². The number of hydrogen-bond acceptors (Lipinski definition) is 2. The summed E-state index contributed by atoms with van der Waals surface area (Å²) < 4.78 is 25.6. The van der Waals surface area contributed by atoms with Crippen molar-refractivity contribution in [2.24, 2.45) is 0 Å². The van der Waals surface area contributed by atoms with Crippen LogP contribution < -0.4 is 5.73 Å². The second-order valence-corrected chi connectivity index (χ2v) is 2.84. The smallest absolute Gasteiger partial charge is 0.197 e. The largest absolute Gasteiger partial charge is 0.369 e. The SMILES string of the molecule is Nc1ncc(-c2cc(F)cc(F)c2)[nH]1. The van der Waals surface area contributed by atoms with Gasteiger partial charge < -0.3 is 10.7 Å². The fourth-order valence-electron chi connectivity index (χ4n) is 1.19. The summed E-state index contributed by atoms with van der Waals surface area (Å²) in [6.07, 6.45) is 1.42. The molecule has 0 saturated heterocycles. The molecule has 1 aromatic heterocycles. The van der Waals surface area contributed by atoms with E-state index in [1.165, 1.54) is 18.3 Å². The molecule has 0 unspecified atom stereocenters. The quantitative estimate of drug-likeness (QED) is 0.730. The molecular formula is C9H7F2N3. The Bertz CT molecular complexity index is 445. The van der Waals surface area contributed by atoms with Crippen LogP contribution in [0.15, 0.2) is 24.4 Å². The van der Waals surface area contributed by atoms with Crippen LogP contribution in [0.3, 0.4) is 0 Å². The van der Waals surface area contributed by atoms with Crippen molar-refractivity contribution >= 4 is 5.95 Å². The molecule has 0 atom stereocenters. The number of nitrogens with one attached hydrogen (secondary N) is 1. The molecule has 3 nitrogen and oxygen atoms in total. The van der Waals surface area contributed by atoms with Gasteiger partial charge in [0.05, 0.1) is 11.9 Å². The molecule has 72 valence electrons. The first-order valence-electron chi connectivity index (χ1n) is 3.92. The fraction of sp³-hybridized carbons (Fsp3) is 0. The van der Waals surface area contributed by atoms with E-state index in [1.807, 2.05) is 0 Å². The average molecular weight is 195 g/mol. The number of rotatable bonds is 1. The van der Waals surface area contributed by atoms with E-state index in [2.05, 4.69) is 9.97 Å². The average Bonchev–Trinajstić information content (AvgIpc) is 2.50. The number of benzene rings is 1. The summed E-state index contributed by atoms with van der Waals surface area (Å²) in [5.74, 6) is -1.05. The van der Waals surface area contributed by atoms with Crippen LogP contribution in [-0.4, -0.2) is 9.97 Å². The summed E-state index contributed by atoms with van der Waals surface area (Å²) in [7, 11) is 0. The van der Waals surface area contributed by atoms with Gasteiger partial charge in [-0.15, -0.1) is 0 Å². The first kappa shape index (κ1) is 8.68. The molecule has 0 radical (unpaired) electrons. The molecule has 0 spiro atoms. The fourth-order valence-corrected chi connectivity index (χ4v) is 1.19. The van der Waals surface area contributed by atoms with Crippen molar-refractivity contribution in [2.45, 2.75) is 0 Å². The van der Waals surface area contributed by atoms with E-state index in [0.717, 1.165) is 6.07 Å². The molecule has 0 fully saturated rings. The molecule has 1 aromatic carbocycles. The molecular weight excluding hydrogens is 188 g/mol. The number of nitrogens with two attached hydrogens (primary N) is 1. The first-order valence-corrected chi connectivity index (χ1v) is 3.92. The molecule has 0 aliphatic carbocycles. The van der Waals surface area contributed by atoms with Crippen LogP contribution in [-0.2, 0) is 0 Å². The van der Waals surface area contributed by atoms with Crippen molar-refractivity contribution in [2.75, 3.05) is 5.73 Å². The van der Waals surface area contributed by atoms with E-state index in [1.54, 1.807) is 0 Å². The zero-order valence-corrected chi connectivity index (χ0v) is 7.09. The summed E-state index contributed by atoms with van der Waals surface area (Å²) in [5.41, 5.74) is 6.21. The highest BCUT2D eigenvalue weighted by molar-refractivity contribution is 5.59. The molecule has 2 aromatic rings. The van der Waals surface area contributed by atoms with Gasteiger partial charge in [0.1, 0.15) is 11.6 Å². The van der Waals surface area contributed by atoms with E-state index in [9.17, 15) is 8.78 Å². The highest BCUT2D eigenvalue weighted by atomic mass is 19.1. The van der Waals surface area contributed by atoms with Gasteiger partial charge in [-0.2, -0.15) is 0 Å². The summed E-state index contributed by atoms with van der Waals surface area (Å²) in [6.45, 7) is 0. The number of H-pyrrole nitrogens is 1. The van der Waals surface area contributed by atoms with E-state index >= 15 is 0 Å². The van der Waals surface area contributed by atoms with E-state index in [-0.39, 0.29) is 5.95 Å². The van der Waals surface area contributed by atoms with Gasteiger partial charge in [0, 0.05) is 11.6 Å². The monoisotopic (exact) mass is 195 g/mol. The van der Waals surface area contributed by atoms with Crippen molar-refractivity contribution < 1.29 is 8.78 Å². The lowest BCUT2D eigenvalue weighted by Gasteiger charge is -1.97. The van der Waals surface area contributed by atoms with Crippen LogP contribution in [0.5, 0.6) is 0 Å². The Balaban J connectivity index is 2.51. The van der Waals surface area contributed by atoms with Crippen LogP contribution in [0.25, 0.3) is 11.3 Å². The molecule has 0 bridgehead atoms. The lowest BCUT2D eigenvalue weighted by atomic mass is 10.1. The Hall–Kier alpha value is -1.91. The molecule has 3 N–H and O–H groups in total.